The molecule has 0 unspecified atom stereocenters. The standard InChI is InChI=1S/C58H43NO5/c1-3-15-50-44(4-2)48-33-32-43(35-51(48)58(50,40-17-7-5-8-18-40)41-19-9-6-10-20-41)59(52-53(60)55(62)57(64)56(63)54(52)61)42-30-28-37(29-31-42)36-24-26-38(27-25-36)49-34-39-16-11-12-21-45(39)46-22-13-14-23-47(46)49/h3-35,60-64H,1H2,2H3/b44-4-,50-15+. The summed E-state index contributed by atoms with van der Waals surface area (Å²) in [6, 6.07) is 61.7. The maximum atomic E-state index is 11.5. The Hall–Kier alpha value is -8.48. The van der Waals surface area contributed by atoms with E-state index in [-0.39, 0.29) is 5.69 Å². The highest BCUT2D eigenvalue weighted by molar-refractivity contribution is 6.13. The molecule has 6 heteroatoms. The zero-order valence-electron chi connectivity index (χ0n) is 34.9. The molecule has 0 radical (unpaired) electrons. The van der Waals surface area contributed by atoms with Gasteiger partial charge >= 0.3 is 0 Å². The molecular formula is C58H43NO5. The molecule has 310 valence electrons. The Balaban J connectivity index is 1.13. The van der Waals surface area contributed by atoms with E-state index in [1.54, 1.807) is 11.0 Å². The number of phenols is 5. The Labute approximate surface area is 371 Å². The molecule has 0 atom stereocenters. The molecule has 0 amide bonds. The van der Waals surface area contributed by atoms with E-state index in [0.717, 1.165) is 55.7 Å². The third kappa shape index (κ3) is 6.10. The van der Waals surface area contributed by atoms with Gasteiger partial charge in [0.15, 0.2) is 11.5 Å². The molecule has 0 saturated heterocycles. The monoisotopic (exact) mass is 833 g/mol. The van der Waals surface area contributed by atoms with E-state index in [0.29, 0.717) is 11.4 Å². The lowest BCUT2D eigenvalue weighted by atomic mass is 9.67. The van der Waals surface area contributed by atoms with Crippen LogP contribution in [0.25, 0.3) is 49.4 Å². The molecule has 64 heavy (non-hydrogen) atoms. The predicted molar refractivity (Wildman–Crippen MR) is 260 cm³/mol. The zero-order chi connectivity index (χ0) is 44.1. The predicted octanol–water partition coefficient (Wildman–Crippen LogP) is 14.2. The minimum atomic E-state index is -1.03. The van der Waals surface area contributed by atoms with Gasteiger partial charge in [-0.25, -0.2) is 0 Å². The number of hydrogen-bond acceptors (Lipinski definition) is 6. The topological polar surface area (TPSA) is 104 Å². The summed E-state index contributed by atoms with van der Waals surface area (Å²) in [4.78, 5) is 1.58. The van der Waals surface area contributed by atoms with Gasteiger partial charge in [-0.3, -0.25) is 0 Å². The molecule has 6 nitrogen and oxygen atoms in total. The van der Waals surface area contributed by atoms with Crippen LogP contribution < -0.4 is 4.90 Å². The molecule has 0 saturated carbocycles. The molecule has 0 aliphatic heterocycles. The van der Waals surface area contributed by atoms with E-state index in [1.807, 2.05) is 85.8 Å². The molecule has 0 heterocycles. The van der Waals surface area contributed by atoms with Crippen molar-refractivity contribution >= 4 is 44.2 Å². The lowest BCUT2D eigenvalue weighted by Gasteiger charge is -2.35. The zero-order valence-corrected chi connectivity index (χ0v) is 34.9. The number of anilines is 3. The number of allylic oxidation sites excluding steroid dienone is 5. The molecule has 9 aromatic rings. The van der Waals surface area contributed by atoms with Crippen LogP contribution in [0.3, 0.4) is 0 Å². The van der Waals surface area contributed by atoms with Crippen molar-refractivity contribution in [1.29, 1.82) is 0 Å². The summed E-state index contributed by atoms with van der Waals surface area (Å²) in [7, 11) is 0. The number of rotatable bonds is 8. The molecule has 1 aliphatic carbocycles. The highest BCUT2D eigenvalue weighted by Crippen LogP contribution is 2.61. The van der Waals surface area contributed by atoms with Crippen LogP contribution in [-0.2, 0) is 5.41 Å². The van der Waals surface area contributed by atoms with Crippen LogP contribution in [0, 0.1) is 0 Å². The van der Waals surface area contributed by atoms with Gasteiger partial charge in [-0.2, -0.15) is 0 Å². The first-order valence-electron chi connectivity index (χ1n) is 21.1. The molecule has 0 bridgehead atoms. The van der Waals surface area contributed by atoms with Crippen molar-refractivity contribution in [3.63, 3.8) is 0 Å². The first-order chi connectivity index (χ1) is 31.3. The van der Waals surface area contributed by atoms with E-state index >= 15 is 0 Å². The molecule has 0 fully saturated rings. The van der Waals surface area contributed by atoms with Crippen LogP contribution in [0.15, 0.2) is 212 Å². The van der Waals surface area contributed by atoms with E-state index in [9.17, 15) is 25.5 Å². The second-order valence-electron chi connectivity index (χ2n) is 16.0. The Morgan fingerprint density at radius 2 is 0.969 bits per heavy atom. The normalized spacial score (nSPS) is 14.3. The molecule has 0 aromatic heterocycles. The van der Waals surface area contributed by atoms with Crippen LogP contribution in [0.5, 0.6) is 28.7 Å². The fourth-order valence-corrected chi connectivity index (χ4v) is 9.75. The maximum Gasteiger partial charge on any atom is 0.208 e. The van der Waals surface area contributed by atoms with Gasteiger partial charge in [0.25, 0.3) is 0 Å². The average Bonchev–Trinajstić information content (AvgIpc) is 3.63. The molecule has 10 rings (SSSR count). The Bertz CT molecular complexity index is 3270. The second kappa shape index (κ2) is 15.8. The van der Waals surface area contributed by atoms with Crippen molar-refractivity contribution in [2.45, 2.75) is 12.3 Å². The van der Waals surface area contributed by atoms with E-state index < -0.39 is 34.2 Å². The van der Waals surface area contributed by atoms with Gasteiger partial charge < -0.3 is 30.4 Å². The Morgan fingerprint density at radius 3 is 1.56 bits per heavy atom. The van der Waals surface area contributed by atoms with Crippen LogP contribution in [0.4, 0.5) is 17.1 Å². The van der Waals surface area contributed by atoms with Gasteiger partial charge in [0, 0.05) is 11.4 Å². The van der Waals surface area contributed by atoms with Crippen molar-refractivity contribution in [3.05, 3.63) is 235 Å². The van der Waals surface area contributed by atoms with Crippen molar-refractivity contribution < 1.29 is 25.5 Å². The summed E-state index contributed by atoms with van der Waals surface area (Å²) < 4.78 is 0. The summed E-state index contributed by atoms with van der Waals surface area (Å²) in [5.74, 6) is -4.60. The summed E-state index contributed by atoms with van der Waals surface area (Å²) in [5.41, 5.74) is 9.99. The molecule has 5 N–H and O–H groups in total. The highest BCUT2D eigenvalue weighted by Gasteiger charge is 2.48. The van der Waals surface area contributed by atoms with Crippen molar-refractivity contribution in [2.24, 2.45) is 0 Å². The minimum Gasteiger partial charge on any atom is -0.503 e. The van der Waals surface area contributed by atoms with Crippen LogP contribution in [-0.4, -0.2) is 25.5 Å². The number of fused-ring (bicyclic) bond motifs is 4. The quantitative estimate of drug-likeness (QED) is 0.0593. The Morgan fingerprint density at radius 1 is 0.469 bits per heavy atom. The summed E-state index contributed by atoms with van der Waals surface area (Å²) in [6.07, 6.45) is 5.95. The average molecular weight is 834 g/mol. The maximum absolute atomic E-state index is 11.5. The van der Waals surface area contributed by atoms with Crippen LogP contribution in [0.2, 0.25) is 0 Å². The lowest BCUT2D eigenvalue weighted by molar-refractivity contribution is 0.329. The van der Waals surface area contributed by atoms with E-state index in [1.165, 1.54) is 21.5 Å². The smallest absolute Gasteiger partial charge is 0.208 e. The van der Waals surface area contributed by atoms with Crippen LogP contribution >= 0.6 is 0 Å². The lowest BCUT2D eigenvalue weighted by Crippen LogP contribution is -2.29. The number of nitrogens with zero attached hydrogens (tertiary/aromatic N) is 1. The largest absolute Gasteiger partial charge is 0.503 e. The van der Waals surface area contributed by atoms with Gasteiger partial charge in [-0.1, -0.05) is 176 Å². The summed E-state index contributed by atoms with van der Waals surface area (Å²) in [6.45, 7) is 6.12. The second-order valence-corrected chi connectivity index (χ2v) is 16.0. The molecular weight excluding hydrogens is 791 g/mol. The number of benzene rings is 9. The molecule has 9 aromatic carbocycles. The van der Waals surface area contributed by atoms with Crippen molar-refractivity contribution in [3.8, 4) is 51.0 Å². The number of hydrogen-bond donors (Lipinski definition) is 5. The summed E-state index contributed by atoms with van der Waals surface area (Å²) >= 11 is 0. The SMILES string of the molecule is C=C/C=C1\C(=C/C)c2ccc(N(c3ccc(-c4ccc(-c5cc6ccccc6c6ccccc56)cc4)cc3)c3c(O)c(O)c(O)c(O)c3O)cc2C1(c1ccccc1)c1ccccc1. The highest BCUT2D eigenvalue weighted by atomic mass is 16.4. The fourth-order valence-electron chi connectivity index (χ4n) is 9.75. The third-order valence-electron chi connectivity index (χ3n) is 12.6. The third-order valence-corrected chi connectivity index (χ3v) is 12.6. The van der Waals surface area contributed by atoms with Gasteiger partial charge in [-0.15, -0.1) is 0 Å². The summed E-state index contributed by atoms with van der Waals surface area (Å²) in [5, 5.41) is 60.2. The Kier molecular flexibility index (Phi) is 9.77. The van der Waals surface area contributed by atoms with Gasteiger partial charge in [0.1, 0.15) is 5.69 Å². The van der Waals surface area contributed by atoms with E-state index in [4.69, 9.17) is 0 Å². The first kappa shape index (κ1) is 39.6. The van der Waals surface area contributed by atoms with Crippen LogP contribution in [0.1, 0.15) is 29.2 Å². The molecule has 1 aliphatic rings. The number of aromatic hydroxyl groups is 5. The van der Waals surface area contributed by atoms with Crippen molar-refractivity contribution in [2.75, 3.05) is 4.90 Å². The van der Waals surface area contributed by atoms with Crippen molar-refractivity contribution in [1.82, 2.24) is 0 Å². The van der Waals surface area contributed by atoms with Gasteiger partial charge in [-0.05, 0) is 114 Å². The number of phenolic OH excluding ortho intramolecular Hbond substituents is 5. The van der Waals surface area contributed by atoms with Gasteiger partial charge in [0.05, 0.1) is 5.41 Å². The minimum absolute atomic E-state index is 0.316. The van der Waals surface area contributed by atoms with E-state index in [2.05, 4.69) is 122 Å². The first-order valence-corrected chi connectivity index (χ1v) is 21.1. The van der Waals surface area contributed by atoms with Gasteiger partial charge in [0.2, 0.25) is 17.2 Å². The molecule has 0 spiro atoms. The fraction of sp³-hybridized carbons (Fsp3) is 0.0345.